The Labute approximate surface area is 136 Å². The minimum Gasteiger partial charge on any atom is -0.369 e. The number of nitrogens with zero attached hydrogens (tertiary/aromatic N) is 1. The van der Waals surface area contributed by atoms with Gasteiger partial charge in [-0.15, -0.1) is 0 Å². The minimum absolute atomic E-state index is 0.123. The third kappa shape index (κ3) is 2.60. The Bertz CT molecular complexity index is 734. The summed E-state index contributed by atoms with van der Waals surface area (Å²) in [5.41, 5.74) is 5.01. The molecule has 1 saturated heterocycles. The topological polar surface area (TPSA) is 61.4 Å². The maximum Gasteiger partial charge on any atom is 0.326 e. The summed E-state index contributed by atoms with van der Waals surface area (Å²) in [6.07, 6.45) is 2.83. The standard InChI is InChI=1S/C18H23N3O2/c1-10-6-15-13(11(2)9-18(3,4)21(15)5)7-12(10)8-14-16(22)20-17(23)19-14/h6-8,11H,9H2,1-5H3,(H2,19,20,22,23)/b14-8-. The highest BCUT2D eigenvalue weighted by molar-refractivity contribution is 6.14. The van der Waals surface area contributed by atoms with Crippen LogP contribution in [0.15, 0.2) is 17.8 Å². The Kier molecular flexibility index (Phi) is 3.47. The first kappa shape index (κ1) is 15.6. The van der Waals surface area contributed by atoms with Crippen LogP contribution in [-0.4, -0.2) is 24.5 Å². The van der Waals surface area contributed by atoms with Crippen molar-refractivity contribution >= 4 is 23.7 Å². The first-order chi connectivity index (χ1) is 10.7. The highest BCUT2D eigenvalue weighted by Gasteiger charge is 2.34. The fraction of sp³-hybridized carbons (Fsp3) is 0.444. The highest BCUT2D eigenvalue weighted by atomic mass is 16.2. The molecule has 2 aliphatic heterocycles. The fourth-order valence-electron chi connectivity index (χ4n) is 3.53. The summed E-state index contributed by atoms with van der Waals surface area (Å²) in [6, 6.07) is 3.85. The second-order valence-electron chi connectivity index (χ2n) is 7.21. The highest BCUT2D eigenvalue weighted by Crippen LogP contribution is 2.43. The van der Waals surface area contributed by atoms with Crippen LogP contribution < -0.4 is 15.5 Å². The monoisotopic (exact) mass is 313 g/mol. The molecular formula is C18H23N3O2. The van der Waals surface area contributed by atoms with E-state index in [9.17, 15) is 9.59 Å². The lowest BCUT2D eigenvalue weighted by Crippen LogP contribution is -2.45. The van der Waals surface area contributed by atoms with Gasteiger partial charge in [0.15, 0.2) is 0 Å². The second-order valence-corrected chi connectivity index (χ2v) is 7.21. The van der Waals surface area contributed by atoms with E-state index in [1.165, 1.54) is 11.3 Å². The van der Waals surface area contributed by atoms with E-state index in [1.54, 1.807) is 6.08 Å². The zero-order valence-corrected chi connectivity index (χ0v) is 14.3. The second kappa shape index (κ2) is 5.11. The van der Waals surface area contributed by atoms with Gasteiger partial charge in [0.2, 0.25) is 0 Å². The van der Waals surface area contributed by atoms with Gasteiger partial charge in [-0.25, -0.2) is 4.79 Å². The predicted octanol–water partition coefficient (Wildman–Crippen LogP) is 2.90. The molecule has 1 fully saturated rings. The van der Waals surface area contributed by atoms with Crippen LogP contribution in [0.5, 0.6) is 0 Å². The Hall–Kier alpha value is -2.30. The average Bonchev–Trinajstić information content (AvgIpc) is 2.76. The van der Waals surface area contributed by atoms with Crippen molar-refractivity contribution in [2.45, 2.75) is 45.6 Å². The largest absolute Gasteiger partial charge is 0.369 e. The molecule has 0 spiro atoms. The summed E-state index contributed by atoms with van der Waals surface area (Å²) in [6.45, 7) is 8.79. The fourth-order valence-corrected chi connectivity index (χ4v) is 3.53. The predicted molar refractivity (Wildman–Crippen MR) is 91.3 cm³/mol. The molecule has 1 atom stereocenters. The van der Waals surface area contributed by atoms with E-state index in [2.05, 4.69) is 55.5 Å². The molecule has 3 rings (SSSR count). The lowest BCUT2D eigenvalue weighted by molar-refractivity contribution is -0.115. The summed E-state index contributed by atoms with van der Waals surface area (Å²) < 4.78 is 0. The van der Waals surface area contributed by atoms with E-state index in [1.807, 2.05) is 6.92 Å². The molecule has 122 valence electrons. The van der Waals surface area contributed by atoms with E-state index < -0.39 is 6.03 Å². The molecule has 0 bridgehead atoms. The third-order valence-electron chi connectivity index (χ3n) is 5.04. The molecule has 0 saturated carbocycles. The van der Waals surface area contributed by atoms with E-state index in [-0.39, 0.29) is 11.4 Å². The number of hydrogen-bond acceptors (Lipinski definition) is 3. The van der Waals surface area contributed by atoms with E-state index in [4.69, 9.17) is 0 Å². The van der Waals surface area contributed by atoms with Crippen molar-refractivity contribution in [1.29, 1.82) is 0 Å². The molecule has 3 amide bonds. The van der Waals surface area contributed by atoms with E-state index >= 15 is 0 Å². The van der Waals surface area contributed by atoms with Gasteiger partial charge in [-0.1, -0.05) is 6.92 Å². The van der Waals surface area contributed by atoms with Gasteiger partial charge >= 0.3 is 6.03 Å². The molecule has 2 aliphatic rings. The van der Waals surface area contributed by atoms with Gasteiger partial charge in [0.05, 0.1) is 0 Å². The zero-order valence-electron chi connectivity index (χ0n) is 14.3. The summed E-state index contributed by atoms with van der Waals surface area (Å²) in [5, 5.41) is 4.77. The number of fused-ring (bicyclic) bond motifs is 1. The SMILES string of the molecule is Cc1cc2c(cc1/C=C1\NC(=O)NC1=O)C(C)CC(C)(C)N2C. The van der Waals surface area contributed by atoms with Crippen molar-refractivity contribution in [1.82, 2.24) is 10.6 Å². The molecule has 1 aromatic carbocycles. The number of anilines is 1. The molecule has 1 aromatic rings. The molecule has 2 heterocycles. The Morgan fingerprint density at radius 2 is 1.96 bits per heavy atom. The maximum absolute atomic E-state index is 11.7. The number of carbonyl (C=O) groups is 2. The van der Waals surface area contributed by atoms with Crippen LogP contribution >= 0.6 is 0 Å². The van der Waals surface area contributed by atoms with E-state index in [0.29, 0.717) is 11.6 Å². The molecule has 5 heteroatoms. The van der Waals surface area contributed by atoms with Crippen LogP contribution in [0.2, 0.25) is 0 Å². The number of carbonyl (C=O) groups excluding carboxylic acids is 2. The van der Waals surface area contributed by atoms with Crippen molar-refractivity contribution in [2.24, 2.45) is 0 Å². The first-order valence-corrected chi connectivity index (χ1v) is 7.91. The normalized spacial score (nSPS) is 24.5. The van der Waals surface area contributed by atoms with Gasteiger partial charge < -0.3 is 10.2 Å². The van der Waals surface area contributed by atoms with E-state index in [0.717, 1.165) is 17.5 Å². The molecule has 5 nitrogen and oxygen atoms in total. The number of urea groups is 1. The van der Waals surface area contributed by atoms with Crippen molar-refractivity contribution in [2.75, 3.05) is 11.9 Å². The molecule has 2 N–H and O–H groups in total. The summed E-state index contributed by atoms with van der Waals surface area (Å²) in [5.74, 6) is 0.0689. The van der Waals surface area contributed by atoms with Crippen LogP contribution in [0.1, 0.15) is 49.8 Å². The number of amides is 3. The van der Waals surface area contributed by atoms with Crippen molar-refractivity contribution in [3.63, 3.8) is 0 Å². The van der Waals surface area contributed by atoms with Crippen LogP contribution in [-0.2, 0) is 4.79 Å². The van der Waals surface area contributed by atoms with Gasteiger partial charge in [0.25, 0.3) is 5.91 Å². The summed E-state index contributed by atoms with van der Waals surface area (Å²) in [7, 11) is 2.13. The van der Waals surface area contributed by atoms with Crippen LogP contribution in [0.3, 0.4) is 0 Å². The van der Waals surface area contributed by atoms with Gasteiger partial charge in [0, 0.05) is 18.3 Å². The zero-order chi connectivity index (χ0) is 16.9. The Morgan fingerprint density at radius 3 is 2.57 bits per heavy atom. The Balaban J connectivity index is 2.06. The number of aryl methyl sites for hydroxylation is 1. The lowest BCUT2D eigenvalue weighted by Gasteiger charge is -2.45. The quantitative estimate of drug-likeness (QED) is 0.619. The van der Waals surface area contributed by atoms with Crippen molar-refractivity contribution in [3.05, 3.63) is 34.5 Å². The molecule has 23 heavy (non-hydrogen) atoms. The van der Waals surface area contributed by atoms with Gasteiger partial charge in [-0.2, -0.15) is 0 Å². The number of nitrogens with one attached hydrogen (secondary N) is 2. The maximum atomic E-state index is 11.7. The summed E-state index contributed by atoms with van der Waals surface area (Å²) >= 11 is 0. The molecule has 1 unspecified atom stereocenters. The number of rotatable bonds is 1. The number of benzene rings is 1. The molecule has 0 radical (unpaired) electrons. The van der Waals surface area contributed by atoms with Crippen LogP contribution in [0.25, 0.3) is 6.08 Å². The molecule has 0 aromatic heterocycles. The molecular weight excluding hydrogens is 290 g/mol. The third-order valence-corrected chi connectivity index (χ3v) is 5.04. The van der Waals surface area contributed by atoms with Gasteiger partial charge in [-0.3, -0.25) is 10.1 Å². The smallest absolute Gasteiger partial charge is 0.326 e. The average molecular weight is 313 g/mol. The van der Waals surface area contributed by atoms with Crippen molar-refractivity contribution in [3.8, 4) is 0 Å². The van der Waals surface area contributed by atoms with Gasteiger partial charge in [0.1, 0.15) is 5.70 Å². The van der Waals surface area contributed by atoms with Crippen LogP contribution in [0, 0.1) is 6.92 Å². The number of hydrogen-bond donors (Lipinski definition) is 2. The van der Waals surface area contributed by atoms with Crippen LogP contribution in [0.4, 0.5) is 10.5 Å². The Morgan fingerprint density at radius 1 is 1.26 bits per heavy atom. The lowest BCUT2D eigenvalue weighted by atomic mass is 9.79. The number of imide groups is 1. The van der Waals surface area contributed by atoms with Gasteiger partial charge in [-0.05, 0) is 68.0 Å². The summed E-state index contributed by atoms with van der Waals surface area (Å²) in [4.78, 5) is 25.3. The molecule has 0 aliphatic carbocycles. The minimum atomic E-state index is -0.466. The van der Waals surface area contributed by atoms with Crippen molar-refractivity contribution < 1.29 is 9.59 Å². The first-order valence-electron chi connectivity index (χ1n) is 7.91.